The van der Waals surface area contributed by atoms with E-state index in [4.69, 9.17) is 10.00 Å². The van der Waals surface area contributed by atoms with Gasteiger partial charge in [-0.1, -0.05) is 12.1 Å². The van der Waals surface area contributed by atoms with E-state index < -0.39 is 17.5 Å². The zero-order valence-electron chi connectivity index (χ0n) is 12.8. The lowest BCUT2D eigenvalue weighted by Gasteiger charge is -2.07. The third-order valence-electron chi connectivity index (χ3n) is 3.07. The summed E-state index contributed by atoms with van der Waals surface area (Å²) in [6.45, 7) is 2.37. The second-order valence-electron chi connectivity index (χ2n) is 4.72. The molecule has 122 valence electrons. The van der Waals surface area contributed by atoms with Gasteiger partial charge < -0.3 is 10.1 Å². The van der Waals surface area contributed by atoms with Crippen LogP contribution in [0.5, 0.6) is 5.75 Å². The number of hydrogen-bond acceptors (Lipinski definition) is 3. The number of amides is 1. The van der Waals surface area contributed by atoms with Gasteiger partial charge in [-0.2, -0.15) is 5.26 Å². The van der Waals surface area contributed by atoms with Gasteiger partial charge in [-0.15, -0.1) is 0 Å². The van der Waals surface area contributed by atoms with Crippen LogP contribution in [0.15, 0.2) is 48.0 Å². The maximum Gasteiger partial charge on any atom is 0.266 e. The van der Waals surface area contributed by atoms with Crippen molar-refractivity contribution in [1.82, 2.24) is 0 Å². The molecule has 0 aliphatic rings. The molecule has 0 radical (unpaired) electrons. The van der Waals surface area contributed by atoms with Gasteiger partial charge in [-0.05, 0) is 43.3 Å². The normalized spacial score (nSPS) is 10.8. The Balaban J connectivity index is 2.18. The predicted molar refractivity (Wildman–Crippen MR) is 86.2 cm³/mol. The Morgan fingerprint density at radius 3 is 2.58 bits per heavy atom. The van der Waals surface area contributed by atoms with Crippen molar-refractivity contribution >= 4 is 17.7 Å². The van der Waals surface area contributed by atoms with Crippen LogP contribution in [0.25, 0.3) is 6.08 Å². The third-order valence-corrected chi connectivity index (χ3v) is 3.07. The van der Waals surface area contributed by atoms with E-state index in [2.05, 4.69) is 5.32 Å². The number of rotatable bonds is 5. The number of carbonyl (C=O) groups is 1. The summed E-state index contributed by atoms with van der Waals surface area (Å²) in [4.78, 5) is 12.1. The van der Waals surface area contributed by atoms with E-state index in [1.807, 2.05) is 6.92 Å². The SMILES string of the molecule is CCOc1ccc(NC(=O)C(C#N)=Cc2cccc(F)c2F)cc1. The summed E-state index contributed by atoms with van der Waals surface area (Å²) in [5.41, 5.74) is -0.0638. The number of benzene rings is 2. The van der Waals surface area contributed by atoms with Gasteiger partial charge >= 0.3 is 0 Å². The minimum absolute atomic E-state index is 0.173. The van der Waals surface area contributed by atoms with Crippen molar-refractivity contribution in [2.75, 3.05) is 11.9 Å². The number of anilines is 1. The molecule has 2 aromatic carbocycles. The molecule has 0 bridgehead atoms. The van der Waals surface area contributed by atoms with E-state index in [1.165, 1.54) is 12.1 Å². The second kappa shape index (κ2) is 7.88. The summed E-state index contributed by atoms with van der Waals surface area (Å²) in [6, 6.07) is 11.8. The lowest BCUT2D eigenvalue weighted by atomic mass is 10.1. The fraction of sp³-hybridized carbons (Fsp3) is 0.111. The molecule has 0 aliphatic heterocycles. The van der Waals surface area contributed by atoms with Crippen molar-refractivity contribution in [3.8, 4) is 11.8 Å². The fourth-order valence-electron chi connectivity index (χ4n) is 1.94. The summed E-state index contributed by atoms with van der Waals surface area (Å²) in [5, 5.41) is 11.6. The molecule has 0 unspecified atom stereocenters. The molecular formula is C18H14F2N2O2. The van der Waals surface area contributed by atoms with E-state index in [0.717, 1.165) is 12.1 Å². The summed E-state index contributed by atoms with van der Waals surface area (Å²) in [6.07, 6.45) is 1.00. The van der Waals surface area contributed by atoms with E-state index in [-0.39, 0.29) is 11.1 Å². The van der Waals surface area contributed by atoms with Gasteiger partial charge in [0.05, 0.1) is 6.61 Å². The highest BCUT2D eigenvalue weighted by atomic mass is 19.2. The number of nitrogens with one attached hydrogen (secondary N) is 1. The molecule has 0 aliphatic carbocycles. The van der Waals surface area contributed by atoms with Gasteiger partial charge in [0.2, 0.25) is 0 Å². The van der Waals surface area contributed by atoms with E-state index in [1.54, 1.807) is 30.3 Å². The van der Waals surface area contributed by atoms with Crippen molar-refractivity contribution in [3.05, 3.63) is 65.2 Å². The van der Waals surface area contributed by atoms with E-state index >= 15 is 0 Å². The standard InChI is InChI=1S/C18H14F2N2O2/c1-2-24-15-8-6-14(7-9-15)22-18(23)13(11-21)10-12-4-3-5-16(19)17(12)20/h3-10H,2H2,1H3,(H,22,23). The average molecular weight is 328 g/mol. The fourth-order valence-corrected chi connectivity index (χ4v) is 1.94. The monoisotopic (exact) mass is 328 g/mol. The molecule has 0 heterocycles. The predicted octanol–water partition coefficient (Wildman–Crippen LogP) is 3.91. The van der Waals surface area contributed by atoms with Crippen LogP contribution >= 0.6 is 0 Å². The first kappa shape index (κ1) is 17.2. The van der Waals surface area contributed by atoms with Crippen molar-refractivity contribution in [1.29, 1.82) is 5.26 Å². The lowest BCUT2D eigenvalue weighted by Crippen LogP contribution is -2.13. The summed E-state index contributed by atoms with van der Waals surface area (Å²) >= 11 is 0. The van der Waals surface area contributed by atoms with Crippen LogP contribution in [-0.2, 0) is 4.79 Å². The van der Waals surface area contributed by atoms with Crippen molar-refractivity contribution < 1.29 is 18.3 Å². The number of hydrogen-bond donors (Lipinski definition) is 1. The molecule has 2 aromatic rings. The lowest BCUT2D eigenvalue weighted by molar-refractivity contribution is -0.112. The van der Waals surface area contributed by atoms with Crippen molar-refractivity contribution in [3.63, 3.8) is 0 Å². The quantitative estimate of drug-likeness (QED) is 0.668. The highest BCUT2D eigenvalue weighted by molar-refractivity contribution is 6.09. The van der Waals surface area contributed by atoms with Crippen molar-refractivity contribution in [2.45, 2.75) is 6.92 Å². The van der Waals surface area contributed by atoms with Gasteiger partial charge in [0.15, 0.2) is 11.6 Å². The van der Waals surface area contributed by atoms with Crippen LogP contribution in [0.1, 0.15) is 12.5 Å². The minimum Gasteiger partial charge on any atom is -0.494 e. The Kier molecular flexibility index (Phi) is 5.63. The maximum atomic E-state index is 13.6. The summed E-state index contributed by atoms with van der Waals surface area (Å²) in [7, 11) is 0. The molecule has 24 heavy (non-hydrogen) atoms. The summed E-state index contributed by atoms with van der Waals surface area (Å²) < 4.78 is 32.1. The van der Waals surface area contributed by atoms with Gasteiger partial charge in [0, 0.05) is 11.3 Å². The number of carbonyl (C=O) groups excluding carboxylic acids is 1. The minimum atomic E-state index is -1.11. The number of nitrogens with zero attached hydrogens (tertiary/aromatic N) is 1. The first-order chi connectivity index (χ1) is 11.5. The Morgan fingerprint density at radius 2 is 1.96 bits per heavy atom. The zero-order valence-corrected chi connectivity index (χ0v) is 12.8. The Labute approximate surface area is 138 Å². The van der Waals surface area contributed by atoms with Crippen molar-refractivity contribution in [2.24, 2.45) is 0 Å². The molecule has 4 nitrogen and oxygen atoms in total. The van der Waals surface area contributed by atoms with Crippen LogP contribution < -0.4 is 10.1 Å². The molecule has 0 atom stereocenters. The molecule has 0 spiro atoms. The number of nitriles is 1. The van der Waals surface area contributed by atoms with Gasteiger partial charge in [-0.3, -0.25) is 4.79 Å². The van der Waals surface area contributed by atoms with Gasteiger partial charge in [-0.25, -0.2) is 8.78 Å². The molecule has 1 N–H and O–H groups in total. The first-order valence-corrected chi connectivity index (χ1v) is 7.15. The van der Waals surface area contributed by atoms with Gasteiger partial charge in [0.1, 0.15) is 17.4 Å². The molecule has 0 fully saturated rings. The van der Waals surface area contributed by atoms with Crippen LogP contribution in [0, 0.1) is 23.0 Å². The molecule has 0 saturated heterocycles. The van der Waals surface area contributed by atoms with Crippen LogP contribution in [-0.4, -0.2) is 12.5 Å². The second-order valence-corrected chi connectivity index (χ2v) is 4.72. The molecule has 6 heteroatoms. The topological polar surface area (TPSA) is 62.1 Å². The van der Waals surface area contributed by atoms with Crippen LogP contribution in [0.2, 0.25) is 0 Å². The molecule has 0 aromatic heterocycles. The highest BCUT2D eigenvalue weighted by Gasteiger charge is 2.12. The molecular weight excluding hydrogens is 314 g/mol. The summed E-state index contributed by atoms with van der Waals surface area (Å²) in [5.74, 6) is -2.23. The van der Waals surface area contributed by atoms with Gasteiger partial charge in [0.25, 0.3) is 5.91 Å². The first-order valence-electron chi connectivity index (χ1n) is 7.15. The Morgan fingerprint density at radius 1 is 1.25 bits per heavy atom. The third kappa shape index (κ3) is 4.17. The van der Waals surface area contributed by atoms with E-state index in [9.17, 15) is 13.6 Å². The largest absolute Gasteiger partial charge is 0.494 e. The average Bonchev–Trinajstić information content (AvgIpc) is 2.58. The molecule has 2 rings (SSSR count). The smallest absolute Gasteiger partial charge is 0.266 e. The van der Waals surface area contributed by atoms with Crippen LogP contribution in [0.4, 0.5) is 14.5 Å². The zero-order chi connectivity index (χ0) is 17.5. The van der Waals surface area contributed by atoms with E-state index in [0.29, 0.717) is 18.0 Å². The maximum absolute atomic E-state index is 13.6. The molecule has 0 saturated carbocycles. The Hall–Kier alpha value is -3.20. The van der Waals surface area contributed by atoms with Crippen LogP contribution in [0.3, 0.4) is 0 Å². The number of halogens is 2. The molecule has 1 amide bonds. The Bertz CT molecular complexity index is 809. The number of ether oxygens (including phenoxy) is 1. The highest BCUT2D eigenvalue weighted by Crippen LogP contribution is 2.18.